The average molecular weight is 252 g/mol. The van der Waals surface area contributed by atoms with Crippen LogP contribution in [0.5, 0.6) is 0 Å². The molecule has 2 nitrogen and oxygen atoms in total. The zero-order chi connectivity index (χ0) is 13.2. The first-order chi connectivity index (χ1) is 8.52. The van der Waals surface area contributed by atoms with E-state index >= 15 is 0 Å². The van der Waals surface area contributed by atoms with Crippen molar-refractivity contribution >= 4 is 0 Å². The van der Waals surface area contributed by atoms with Gasteiger partial charge in [0.2, 0.25) is 0 Å². The molecular weight excluding hydrogens is 220 g/mol. The molecule has 0 amide bonds. The van der Waals surface area contributed by atoms with E-state index in [0.717, 1.165) is 5.92 Å². The lowest BCUT2D eigenvalue weighted by molar-refractivity contribution is 0.0794. The molecule has 1 aliphatic carbocycles. The molecule has 3 atom stereocenters. The molecule has 0 aromatic rings. The number of hydrogen-bond acceptors (Lipinski definition) is 2. The van der Waals surface area contributed by atoms with Gasteiger partial charge >= 0.3 is 0 Å². The van der Waals surface area contributed by atoms with E-state index in [4.69, 9.17) is 5.73 Å². The summed E-state index contributed by atoms with van der Waals surface area (Å²) < 4.78 is 0. The maximum atomic E-state index is 6.41. The molecule has 106 valence electrons. The van der Waals surface area contributed by atoms with Gasteiger partial charge in [0.05, 0.1) is 0 Å². The van der Waals surface area contributed by atoms with Crippen molar-refractivity contribution in [2.24, 2.45) is 17.1 Å². The molecular formula is C16H32N2. The van der Waals surface area contributed by atoms with Gasteiger partial charge in [0.15, 0.2) is 0 Å². The van der Waals surface area contributed by atoms with E-state index in [0.29, 0.717) is 17.5 Å². The monoisotopic (exact) mass is 252 g/mol. The molecule has 2 rings (SSSR count). The van der Waals surface area contributed by atoms with Crippen molar-refractivity contribution in [3.8, 4) is 0 Å². The number of likely N-dealkylation sites (tertiary alicyclic amines) is 1. The van der Waals surface area contributed by atoms with Crippen LogP contribution in [-0.2, 0) is 0 Å². The van der Waals surface area contributed by atoms with Gasteiger partial charge in [-0.25, -0.2) is 0 Å². The van der Waals surface area contributed by atoms with Crippen molar-refractivity contribution in [2.45, 2.75) is 77.8 Å². The number of rotatable bonds is 2. The minimum atomic E-state index is 0.413. The lowest BCUT2D eigenvalue weighted by atomic mass is 9.72. The van der Waals surface area contributed by atoms with Crippen LogP contribution in [0.15, 0.2) is 0 Å². The highest BCUT2D eigenvalue weighted by molar-refractivity contribution is 4.93. The van der Waals surface area contributed by atoms with Gasteiger partial charge in [-0.15, -0.1) is 0 Å². The van der Waals surface area contributed by atoms with Crippen LogP contribution in [0.4, 0.5) is 0 Å². The summed E-state index contributed by atoms with van der Waals surface area (Å²) in [5.41, 5.74) is 6.90. The summed E-state index contributed by atoms with van der Waals surface area (Å²) in [6.07, 6.45) is 9.36. The van der Waals surface area contributed by atoms with Crippen LogP contribution in [0, 0.1) is 11.3 Å². The molecule has 2 aliphatic rings. The van der Waals surface area contributed by atoms with Gasteiger partial charge in [0.1, 0.15) is 0 Å². The highest BCUT2D eigenvalue weighted by Crippen LogP contribution is 2.37. The minimum absolute atomic E-state index is 0.413. The van der Waals surface area contributed by atoms with E-state index in [1.54, 1.807) is 0 Å². The van der Waals surface area contributed by atoms with Gasteiger partial charge in [-0.3, -0.25) is 4.90 Å². The van der Waals surface area contributed by atoms with Crippen molar-refractivity contribution in [1.29, 1.82) is 0 Å². The standard InChI is InChI=1S/C16H32N2/c1-4-13-6-5-10-18(11-8-13)15-12-16(2,3)9-7-14(15)17/h13-15H,4-12,17H2,1-3H3. The predicted octanol–water partition coefficient (Wildman–Crippen LogP) is 3.40. The lowest BCUT2D eigenvalue weighted by Crippen LogP contribution is -2.53. The zero-order valence-corrected chi connectivity index (χ0v) is 12.6. The van der Waals surface area contributed by atoms with Gasteiger partial charge in [0.25, 0.3) is 0 Å². The first kappa shape index (κ1) is 14.3. The molecule has 2 N–H and O–H groups in total. The molecule has 0 radical (unpaired) electrons. The quantitative estimate of drug-likeness (QED) is 0.816. The first-order valence-electron chi connectivity index (χ1n) is 8.01. The Morgan fingerprint density at radius 1 is 1.17 bits per heavy atom. The van der Waals surface area contributed by atoms with E-state index in [1.807, 2.05) is 0 Å². The normalized spacial score (nSPS) is 38.3. The predicted molar refractivity (Wildman–Crippen MR) is 78.6 cm³/mol. The molecule has 1 heterocycles. The summed E-state index contributed by atoms with van der Waals surface area (Å²) in [5, 5.41) is 0. The second-order valence-electron chi connectivity index (χ2n) is 7.38. The molecule has 0 bridgehead atoms. The molecule has 2 heteroatoms. The van der Waals surface area contributed by atoms with Gasteiger partial charge in [-0.2, -0.15) is 0 Å². The molecule has 2 fully saturated rings. The number of hydrogen-bond donors (Lipinski definition) is 1. The van der Waals surface area contributed by atoms with E-state index in [-0.39, 0.29) is 0 Å². The zero-order valence-electron chi connectivity index (χ0n) is 12.6. The average Bonchev–Trinajstić information content (AvgIpc) is 2.57. The highest BCUT2D eigenvalue weighted by atomic mass is 15.2. The lowest BCUT2D eigenvalue weighted by Gasteiger charge is -2.44. The second kappa shape index (κ2) is 5.92. The molecule has 1 saturated heterocycles. The summed E-state index contributed by atoms with van der Waals surface area (Å²) in [4.78, 5) is 2.72. The Bertz CT molecular complexity index is 262. The highest BCUT2D eigenvalue weighted by Gasteiger charge is 2.36. The fourth-order valence-corrected chi connectivity index (χ4v) is 3.90. The fraction of sp³-hybridized carbons (Fsp3) is 1.00. The van der Waals surface area contributed by atoms with Gasteiger partial charge in [0, 0.05) is 12.1 Å². The van der Waals surface area contributed by atoms with E-state index in [1.165, 1.54) is 58.0 Å². The minimum Gasteiger partial charge on any atom is -0.326 e. The van der Waals surface area contributed by atoms with Crippen LogP contribution < -0.4 is 5.73 Å². The third-order valence-electron chi connectivity index (χ3n) is 5.34. The van der Waals surface area contributed by atoms with Gasteiger partial charge < -0.3 is 5.73 Å². The summed E-state index contributed by atoms with van der Waals surface area (Å²) in [5.74, 6) is 0.961. The van der Waals surface area contributed by atoms with Crippen molar-refractivity contribution in [3.05, 3.63) is 0 Å². The van der Waals surface area contributed by atoms with Crippen LogP contribution in [0.3, 0.4) is 0 Å². The van der Waals surface area contributed by atoms with E-state index in [9.17, 15) is 0 Å². The van der Waals surface area contributed by atoms with Crippen LogP contribution in [0.1, 0.15) is 65.7 Å². The SMILES string of the molecule is CCC1CCCN(C2CC(C)(C)CCC2N)CC1. The summed E-state index contributed by atoms with van der Waals surface area (Å²) in [7, 11) is 0. The summed E-state index contributed by atoms with van der Waals surface area (Å²) in [6.45, 7) is 9.74. The third-order valence-corrected chi connectivity index (χ3v) is 5.34. The van der Waals surface area contributed by atoms with Crippen LogP contribution in [0.25, 0.3) is 0 Å². The van der Waals surface area contributed by atoms with Crippen molar-refractivity contribution in [3.63, 3.8) is 0 Å². The van der Waals surface area contributed by atoms with Crippen molar-refractivity contribution in [1.82, 2.24) is 4.90 Å². The summed E-state index contributed by atoms with van der Waals surface area (Å²) in [6, 6.07) is 1.06. The Kier molecular flexibility index (Phi) is 4.71. The van der Waals surface area contributed by atoms with Crippen LogP contribution >= 0.6 is 0 Å². The maximum Gasteiger partial charge on any atom is 0.0252 e. The molecule has 18 heavy (non-hydrogen) atoms. The molecule has 3 unspecified atom stereocenters. The second-order valence-corrected chi connectivity index (χ2v) is 7.38. The van der Waals surface area contributed by atoms with Gasteiger partial charge in [-0.1, -0.05) is 27.2 Å². The Labute approximate surface area is 113 Å². The number of nitrogens with zero attached hydrogens (tertiary/aromatic N) is 1. The molecule has 0 spiro atoms. The molecule has 1 aliphatic heterocycles. The Balaban J connectivity index is 1.96. The van der Waals surface area contributed by atoms with E-state index < -0.39 is 0 Å². The molecule has 1 saturated carbocycles. The molecule has 0 aromatic heterocycles. The first-order valence-corrected chi connectivity index (χ1v) is 8.01. The van der Waals surface area contributed by atoms with Gasteiger partial charge in [-0.05, 0) is 62.9 Å². The van der Waals surface area contributed by atoms with Crippen molar-refractivity contribution < 1.29 is 0 Å². The maximum absolute atomic E-state index is 6.41. The van der Waals surface area contributed by atoms with E-state index in [2.05, 4.69) is 25.7 Å². The Morgan fingerprint density at radius 2 is 1.94 bits per heavy atom. The largest absolute Gasteiger partial charge is 0.326 e. The Hall–Kier alpha value is -0.0800. The summed E-state index contributed by atoms with van der Waals surface area (Å²) >= 11 is 0. The Morgan fingerprint density at radius 3 is 2.67 bits per heavy atom. The third kappa shape index (κ3) is 3.48. The van der Waals surface area contributed by atoms with Crippen LogP contribution in [-0.4, -0.2) is 30.1 Å². The van der Waals surface area contributed by atoms with Crippen molar-refractivity contribution in [2.75, 3.05) is 13.1 Å². The van der Waals surface area contributed by atoms with Crippen LogP contribution in [0.2, 0.25) is 0 Å². The molecule has 0 aromatic carbocycles. The smallest absolute Gasteiger partial charge is 0.0252 e. The topological polar surface area (TPSA) is 29.3 Å². The number of nitrogens with two attached hydrogens (primary N) is 1. The fourth-order valence-electron chi connectivity index (χ4n) is 3.90.